The number of hydrogen-bond acceptors (Lipinski definition) is 7. The third-order valence-corrected chi connectivity index (χ3v) is 6.71. The summed E-state index contributed by atoms with van der Waals surface area (Å²) in [6, 6.07) is 2.87. The Labute approximate surface area is 179 Å². The van der Waals surface area contributed by atoms with Gasteiger partial charge >= 0.3 is 0 Å². The maximum Gasteiger partial charge on any atom is 0.290 e. The van der Waals surface area contributed by atoms with Crippen LogP contribution >= 0.6 is 11.3 Å². The van der Waals surface area contributed by atoms with Gasteiger partial charge in [-0.2, -0.15) is 5.10 Å². The first-order chi connectivity index (χ1) is 14.5. The third kappa shape index (κ3) is 3.80. The number of ketones is 1. The lowest BCUT2D eigenvalue weighted by molar-refractivity contribution is -0.129. The lowest BCUT2D eigenvalue weighted by atomic mass is 9.96. The van der Waals surface area contributed by atoms with Crippen LogP contribution in [0.2, 0.25) is 0 Å². The van der Waals surface area contributed by atoms with Crippen molar-refractivity contribution in [3.8, 4) is 0 Å². The zero-order chi connectivity index (χ0) is 21.3. The van der Waals surface area contributed by atoms with E-state index < -0.39 is 17.7 Å². The van der Waals surface area contributed by atoms with Gasteiger partial charge in [0.1, 0.15) is 0 Å². The lowest BCUT2D eigenvalue weighted by Gasteiger charge is -2.29. The first-order valence-electron chi connectivity index (χ1n) is 10.1. The SMILES string of the molecule is Cc1c([C@H]2C(C(=O)c3cccs3)=C(O)C(=O)N2CCCN2CCOCC2)cnn1C. The van der Waals surface area contributed by atoms with Crippen molar-refractivity contribution in [2.45, 2.75) is 19.4 Å². The average Bonchev–Trinajstić information content (AvgIpc) is 3.45. The van der Waals surface area contributed by atoms with Gasteiger partial charge in [-0.05, 0) is 24.8 Å². The fourth-order valence-electron chi connectivity index (χ4n) is 4.05. The second kappa shape index (κ2) is 8.71. The maximum absolute atomic E-state index is 13.2. The molecule has 1 saturated heterocycles. The van der Waals surface area contributed by atoms with Gasteiger partial charge < -0.3 is 14.7 Å². The zero-order valence-corrected chi connectivity index (χ0v) is 18.0. The lowest BCUT2D eigenvalue weighted by Crippen LogP contribution is -2.39. The molecule has 0 radical (unpaired) electrons. The molecule has 2 aliphatic heterocycles. The molecule has 0 unspecified atom stereocenters. The molecular weight excluding hydrogens is 404 g/mol. The van der Waals surface area contributed by atoms with Crippen LogP contribution in [0.15, 0.2) is 35.0 Å². The molecule has 0 saturated carbocycles. The van der Waals surface area contributed by atoms with Gasteiger partial charge in [0.25, 0.3) is 5.91 Å². The molecule has 30 heavy (non-hydrogen) atoms. The number of morpholine rings is 1. The van der Waals surface area contributed by atoms with Crippen molar-refractivity contribution in [3.63, 3.8) is 0 Å². The van der Waals surface area contributed by atoms with Crippen molar-refractivity contribution in [1.29, 1.82) is 0 Å². The summed E-state index contributed by atoms with van der Waals surface area (Å²) < 4.78 is 7.10. The van der Waals surface area contributed by atoms with E-state index in [0.29, 0.717) is 11.4 Å². The number of thiophene rings is 1. The minimum absolute atomic E-state index is 0.143. The highest BCUT2D eigenvalue weighted by molar-refractivity contribution is 7.12. The van der Waals surface area contributed by atoms with Crippen LogP contribution < -0.4 is 0 Å². The number of aliphatic hydroxyl groups excluding tert-OH is 1. The van der Waals surface area contributed by atoms with Crippen LogP contribution in [0.1, 0.15) is 33.4 Å². The quantitative estimate of drug-likeness (QED) is 0.677. The minimum atomic E-state index is -0.634. The van der Waals surface area contributed by atoms with Crippen LogP contribution in [-0.2, 0) is 16.6 Å². The van der Waals surface area contributed by atoms with E-state index in [2.05, 4.69) is 10.00 Å². The number of hydrogen-bond donors (Lipinski definition) is 1. The van der Waals surface area contributed by atoms with E-state index in [1.165, 1.54) is 11.3 Å². The molecule has 160 valence electrons. The van der Waals surface area contributed by atoms with Crippen molar-refractivity contribution < 1.29 is 19.4 Å². The van der Waals surface area contributed by atoms with E-state index in [4.69, 9.17) is 4.74 Å². The summed E-state index contributed by atoms with van der Waals surface area (Å²) in [4.78, 5) is 30.6. The Morgan fingerprint density at radius 3 is 2.73 bits per heavy atom. The Balaban J connectivity index is 1.61. The van der Waals surface area contributed by atoms with Gasteiger partial charge in [0, 0.05) is 44.5 Å². The van der Waals surface area contributed by atoms with Crippen LogP contribution in [0.25, 0.3) is 0 Å². The third-order valence-electron chi connectivity index (χ3n) is 5.84. The second-order valence-electron chi connectivity index (χ2n) is 7.59. The molecule has 0 aromatic carbocycles. The Kier molecular flexibility index (Phi) is 6.03. The zero-order valence-electron chi connectivity index (χ0n) is 17.2. The van der Waals surface area contributed by atoms with Gasteiger partial charge in [-0.1, -0.05) is 6.07 Å². The van der Waals surface area contributed by atoms with Crippen molar-refractivity contribution in [3.05, 3.63) is 51.2 Å². The largest absolute Gasteiger partial charge is 0.503 e. The Morgan fingerprint density at radius 2 is 2.10 bits per heavy atom. The fraction of sp³-hybridized carbons (Fsp3) is 0.476. The number of carbonyl (C=O) groups excluding carboxylic acids is 2. The maximum atomic E-state index is 13.2. The van der Waals surface area contributed by atoms with Crippen molar-refractivity contribution in [2.75, 3.05) is 39.4 Å². The number of ether oxygens (including phenoxy) is 1. The predicted molar refractivity (Wildman–Crippen MR) is 113 cm³/mol. The molecule has 2 aromatic rings. The van der Waals surface area contributed by atoms with E-state index in [1.54, 1.807) is 27.9 Å². The van der Waals surface area contributed by atoms with Gasteiger partial charge in [0.15, 0.2) is 5.76 Å². The molecule has 1 atom stereocenters. The molecule has 2 aliphatic rings. The summed E-state index contributed by atoms with van der Waals surface area (Å²) in [6.45, 7) is 6.39. The summed E-state index contributed by atoms with van der Waals surface area (Å²) in [5.41, 5.74) is 1.77. The highest BCUT2D eigenvalue weighted by Gasteiger charge is 2.44. The standard InChI is InChI=1S/C21H26N4O4S/c1-14-15(13-22-23(14)2)18-17(19(26)16-5-3-12-30-16)20(27)21(28)25(18)7-4-6-24-8-10-29-11-9-24/h3,5,12-13,18,27H,4,6-11H2,1-2H3/t18-/m0/s1. The number of aryl methyl sites for hydroxylation is 1. The van der Waals surface area contributed by atoms with Crippen molar-refractivity contribution in [1.82, 2.24) is 19.6 Å². The molecule has 9 heteroatoms. The summed E-state index contributed by atoms with van der Waals surface area (Å²) in [7, 11) is 1.82. The highest BCUT2D eigenvalue weighted by Crippen LogP contribution is 2.40. The number of Topliss-reactive ketones (excluding diaryl/α,β-unsaturated/α-hetero) is 1. The molecule has 1 amide bonds. The monoisotopic (exact) mass is 430 g/mol. The van der Waals surface area contributed by atoms with Gasteiger partial charge in [0.2, 0.25) is 5.78 Å². The molecule has 1 N–H and O–H groups in total. The molecule has 4 rings (SSSR count). The Morgan fingerprint density at radius 1 is 1.33 bits per heavy atom. The normalized spacial score (nSPS) is 20.4. The second-order valence-corrected chi connectivity index (χ2v) is 8.53. The van der Waals surface area contributed by atoms with Crippen molar-refractivity contribution >= 4 is 23.0 Å². The number of nitrogens with zero attached hydrogens (tertiary/aromatic N) is 4. The predicted octanol–water partition coefficient (Wildman–Crippen LogP) is 2.09. The summed E-state index contributed by atoms with van der Waals surface area (Å²) >= 11 is 1.30. The minimum Gasteiger partial charge on any atom is -0.503 e. The smallest absolute Gasteiger partial charge is 0.290 e. The fourth-order valence-corrected chi connectivity index (χ4v) is 4.73. The van der Waals surface area contributed by atoms with Crippen LogP contribution in [-0.4, -0.2) is 75.8 Å². The number of rotatable bonds is 7. The van der Waals surface area contributed by atoms with Crippen LogP contribution in [0.5, 0.6) is 0 Å². The molecule has 8 nitrogen and oxygen atoms in total. The van der Waals surface area contributed by atoms with Crippen LogP contribution in [0.3, 0.4) is 0 Å². The first-order valence-corrected chi connectivity index (χ1v) is 11.0. The number of aromatic nitrogens is 2. The number of amides is 1. The summed E-state index contributed by atoms with van der Waals surface area (Å²) in [5, 5.41) is 16.8. The van der Waals surface area contributed by atoms with Crippen LogP contribution in [0, 0.1) is 6.92 Å². The summed E-state index contributed by atoms with van der Waals surface area (Å²) in [5.74, 6) is -1.25. The molecule has 0 spiro atoms. The van der Waals surface area contributed by atoms with E-state index in [-0.39, 0.29) is 11.4 Å². The van der Waals surface area contributed by atoms with Gasteiger partial charge in [-0.3, -0.25) is 19.2 Å². The molecular formula is C21H26N4O4S. The number of aliphatic hydroxyl groups is 1. The Bertz CT molecular complexity index is 960. The van der Waals surface area contributed by atoms with E-state index in [9.17, 15) is 14.7 Å². The highest BCUT2D eigenvalue weighted by atomic mass is 32.1. The average molecular weight is 431 g/mol. The van der Waals surface area contributed by atoms with Crippen molar-refractivity contribution in [2.24, 2.45) is 7.05 Å². The van der Waals surface area contributed by atoms with Gasteiger partial charge in [-0.25, -0.2) is 0 Å². The van der Waals surface area contributed by atoms with Gasteiger partial charge in [0.05, 0.1) is 35.9 Å². The van der Waals surface area contributed by atoms with E-state index in [1.807, 2.05) is 19.4 Å². The van der Waals surface area contributed by atoms with Crippen LogP contribution in [0.4, 0.5) is 0 Å². The topological polar surface area (TPSA) is 87.9 Å². The first kappa shape index (κ1) is 20.8. The Hall–Kier alpha value is -2.49. The number of carbonyl (C=O) groups is 2. The molecule has 0 bridgehead atoms. The molecule has 1 fully saturated rings. The van der Waals surface area contributed by atoms with Gasteiger partial charge in [-0.15, -0.1) is 11.3 Å². The van der Waals surface area contributed by atoms with E-state index >= 15 is 0 Å². The summed E-state index contributed by atoms with van der Waals surface area (Å²) in [6.07, 6.45) is 2.43. The molecule has 2 aromatic heterocycles. The molecule has 4 heterocycles. The van der Waals surface area contributed by atoms with E-state index in [0.717, 1.165) is 50.5 Å². The molecule has 0 aliphatic carbocycles.